The number of aromatic hydroxyl groups is 1. The molecule has 3 N–H and O–H groups in total. The summed E-state index contributed by atoms with van der Waals surface area (Å²) in [4.78, 5) is 14.6. The van der Waals surface area contributed by atoms with Crippen LogP contribution in [0.15, 0.2) is 23.2 Å². The summed E-state index contributed by atoms with van der Waals surface area (Å²) < 4.78 is 12.7. The number of phenols is 1. The molecule has 0 radical (unpaired) electrons. The zero-order valence-electron chi connectivity index (χ0n) is 8.55. The number of carboxylic acid groups (broad SMARTS) is 1. The molecule has 0 saturated carbocycles. The van der Waals surface area contributed by atoms with E-state index in [9.17, 15) is 14.3 Å². The molecule has 0 spiro atoms. The topological polar surface area (TPSA) is 81.9 Å². The van der Waals surface area contributed by atoms with Gasteiger partial charge in [0, 0.05) is 11.8 Å². The minimum Gasteiger partial charge on any atom is -0.506 e. The van der Waals surface area contributed by atoms with Crippen molar-refractivity contribution in [1.82, 2.24) is 0 Å². The van der Waals surface area contributed by atoms with Gasteiger partial charge >= 0.3 is 5.97 Å². The predicted octanol–water partition coefficient (Wildman–Crippen LogP) is 1.50. The van der Waals surface area contributed by atoms with Crippen LogP contribution >= 0.6 is 11.8 Å². The second kappa shape index (κ2) is 4.62. The summed E-state index contributed by atoms with van der Waals surface area (Å²) in [7, 11) is 0. The summed E-state index contributed by atoms with van der Waals surface area (Å²) in [6.45, 7) is 0. The Bertz CT molecular complexity index is 492. The van der Waals surface area contributed by atoms with Gasteiger partial charge in [-0.05, 0) is 12.1 Å². The Morgan fingerprint density at radius 3 is 2.94 bits per heavy atom. The van der Waals surface area contributed by atoms with Crippen LogP contribution in [-0.2, 0) is 4.79 Å². The van der Waals surface area contributed by atoms with Crippen LogP contribution in [0.5, 0.6) is 5.75 Å². The van der Waals surface area contributed by atoms with Gasteiger partial charge in [0.2, 0.25) is 0 Å². The van der Waals surface area contributed by atoms with E-state index in [-0.39, 0.29) is 5.75 Å². The summed E-state index contributed by atoms with van der Waals surface area (Å²) in [5, 5.41) is 21.3. The number of rotatable bonds is 2. The van der Waals surface area contributed by atoms with E-state index in [0.29, 0.717) is 16.6 Å². The molecular formula is C10H9FN2O3S. The highest BCUT2D eigenvalue weighted by Crippen LogP contribution is 2.27. The third-order valence-electron chi connectivity index (χ3n) is 2.14. The lowest BCUT2D eigenvalue weighted by atomic mass is 10.3. The Hall–Kier alpha value is -1.76. The SMILES string of the molecule is O=C(O)C1CSC(Nc2ccc(F)cc2O)=N1. The molecule has 90 valence electrons. The molecule has 2 rings (SSSR count). The monoisotopic (exact) mass is 256 g/mol. The molecule has 0 aromatic heterocycles. The Labute approximate surface area is 100 Å². The molecule has 0 amide bonds. The van der Waals surface area contributed by atoms with Gasteiger partial charge in [-0.1, -0.05) is 11.8 Å². The van der Waals surface area contributed by atoms with Crippen molar-refractivity contribution < 1.29 is 19.4 Å². The number of carboxylic acids is 1. The van der Waals surface area contributed by atoms with Crippen molar-refractivity contribution in [2.45, 2.75) is 6.04 Å². The van der Waals surface area contributed by atoms with Gasteiger partial charge in [0.05, 0.1) is 5.69 Å². The van der Waals surface area contributed by atoms with Crippen LogP contribution in [0.2, 0.25) is 0 Å². The number of amidine groups is 1. The number of carbonyl (C=O) groups is 1. The third-order valence-corrected chi connectivity index (χ3v) is 3.10. The molecule has 1 aromatic carbocycles. The molecule has 17 heavy (non-hydrogen) atoms. The highest BCUT2D eigenvalue weighted by atomic mass is 32.2. The second-order valence-electron chi connectivity index (χ2n) is 3.39. The molecule has 5 nitrogen and oxygen atoms in total. The summed E-state index contributed by atoms with van der Waals surface area (Å²) in [5.41, 5.74) is 0.295. The van der Waals surface area contributed by atoms with E-state index in [1.54, 1.807) is 0 Å². The van der Waals surface area contributed by atoms with Crippen LogP contribution < -0.4 is 5.32 Å². The summed E-state index contributed by atoms with van der Waals surface area (Å²) >= 11 is 1.24. The number of phenolic OH excluding ortho intramolecular Hbond substituents is 1. The van der Waals surface area contributed by atoms with Gasteiger partial charge < -0.3 is 15.5 Å². The van der Waals surface area contributed by atoms with E-state index in [4.69, 9.17) is 5.11 Å². The summed E-state index contributed by atoms with van der Waals surface area (Å²) in [5.74, 6) is -1.43. The van der Waals surface area contributed by atoms with Gasteiger partial charge in [0.25, 0.3) is 0 Å². The number of nitrogens with zero attached hydrogens (tertiary/aromatic N) is 1. The normalized spacial score (nSPS) is 18.9. The van der Waals surface area contributed by atoms with Crippen LogP contribution in [0.1, 0.15) is 0 Å². The van der Waals surface area contributed by atoms with Crippen molar-refractivity contribution in [2.75, 3.05) is 11.1 Å². The van der Waals surface area contributed by atoms with Crippen molar-refractivity contribution in [3.05, 3.63) is 24.0 Å². The number of hydrogen-bond donors (Lipinski definition) is 3. The quantitative estimate of drug-likeness (QED) is 0.698. The first-order valence-corrected chi connectivity index (χ1v) is 5.74. The van der Waals surface area contributed by atoms with Crippen molar-refractivity contribution in [3.63, 3.8) is 0 Å². The van der Waals surface area contributed by atoms with E-state index in [1.807, 2.05) is 0 Å². The fourth-order valence-corrected chi connectivity index (χ4v) is 2.21. The van der Waals surface area contributed by atoms with Crippen molar-refractivity contribution in [2.24, 2.45) is 4.99 Å². The van der Waals surface area contributed by atoms with Crippen LogP contribution in [0.25, 0.3) is 0 Å². The number of hydrogen-bond acceptors (Lipinski definition) is 5. The fourth-order valence-electron chi connectivity index (χ4n) is 1.29. The van der Waals surface area contributed by atoms with Crippen LogP contribution in [0.3, 0.4) is 0 Å². The van der Waals surface area contributed by atoms with Crippen LogP contribution in [0.4, 0.5) is 10.1 Å². The molecule has 0 aliphatic carbocycles. The lowest BCUT2D eigenvalue weighted by Crippen LogP contribution is -2.17. The predicted molar refractivity (Wildman–Crippen MR) is 63.0 cm³/mol. The van der Waals surface area contributed by atoms with Crippen LogP contribution in [0, 0.1) is 5.82 Å². The van der Waals surface area contributed by atoms with Crippen molar-refractivity contribution in [1.29, 1.82) is 0 Å². The average molecular weight is 256 g/mol. The molecule has 0 saturated heterocycles. The number of anilines is 1. The summed E-state index contributed by atoms with van der Waals surface area (Å²) in [6, 6.07) is 2.75. The van der Waals surface area contributed by atoms with Gasteiger partial charge in [-0.15, -0.1) is 0 Å². The number of thioether (sulfide) groups is 1. The first-order valence-electron chi connectivity index (χ1n) is 4.75. The maximum Gasteiger partial charge on any atom is 0.329 e. The number of aliphatic carboxylic acids is 1. The minimum absolute atomic E-state index is 0.243. The van der Waals surface area contributed by atoms with Crippen molar-refractivity contribution in [3.8, 4) is 5.75 Å². The van der Waals surface area contributed by atoms with Gasteiger partial charge in [0.15, 0.2) is 11.2 Å². The second-order valence-corrected chi connectivity index (χ2v) is 4.39. The number of nitrogens with one attached hydrogen (secondary N) is 1. The van der Waals surface area contributed by atoms with E-state index >= 15 is 0 Å². The molecule has 7 heteroatoms. The van der Waals surface area contributed by atoms with E-state index < -0.39 is 17.8 Å². The van der Waals surface area contributed by atoms with Gasteiger partial charge in [-0.25, -0.2) is 14.2 Å². The first-order chi connectivity index (χ1) is 8.06. The van der Waals surface area contributed by atoms with Gasteiger partial charge in [-0.3, -0.25) is 0 Å². The molecule has 1 atom stereocenters. The summed E-state index contributed by atoms with van der Waals surface area (Å²) in [6.07, 6.45) is 0. The lowest BCUT2D eigenvalue weighted by molar-refractivity contribution is -0.137. The average Bonchev–Trinajstić information content (AvgIpc) is 2.71. The first kappa shape index (κ1) is 11.7. The molecule has 1 aromatic rings. The van der Waals surface area contributed by atoms with Gasteiger partial charge in [0.1, 0.15) is 11.6 Å². The van der Waals surface area contributed by atoms with E-state index in [2.05, 4.69) is 10.3 Å². The van der Waals surface area contributed by atoms with E-state index in [1.165, 1.54) is 23.9 Å². The Morgan fingerprint density at radius 2 is 2.35 bits per heavy atom. The Kier molecular flexibility index (Phi) is 3.19. The standard InChI is InChI=1S/C10H9FN2O3S/c11-5-1-2-6(8(14)3-5)12-10-13-7(4-17-10)9(15)16/h1-3,7,14H,4H2,(H,12,13)(H,15,16). The highest BCUT2D eigenvalue weighted by molar-refractivity contribution is 8.14. The zero-order valence-corrected chi connectivity index (χ0v) is 9.37. The van der Waals surface area contributed by atoms with Crippen molar-refractivity contribution >= 4 is 28.6 Å². The Morgan fingerprint density at radius 1 is 1.59 bits per heavy atom. The molecule has 1 unspecified atom stereocenters. The fraction of sp³-hybridized carbons (Fsp3) is 0.200. The number of halogens is 1. The molecule has 1 heterocycles. The molecule has 0 bridgehead atoms. The lowest BCUT2D eigenvalue weighted by Gasteiger charge is -2.06. The molecule has 1 aliphatic rings. The number of benzene rings is 1. The molecular weight excluding hydrogens is 247 g/mol. The van der Waals surface area contributed by atoms with E-state index in [0.717, 1.165) is 6.07 Å². The third kappa shape index (κ3) is 2.68. The van der Waals surface area contributed by atoms with Crippen LogP contribution in [-0.4, -0.2) is 33.1 Å². The zero-order chi connectivity index (χ0) is 12.4. The highest BCUT2D eigenvalue weighted by Gasteiger charge is 2.24. The smallest absolute Gasteiger partial charge is 0.329 e. The Balaban J connectivity index is 2.12. The largest absolute Gasteiger partial charge is 0.506 e. The number of aliphatic imine (C=N–C) groups is 1. The minimum atomic E-state index is -0.988. The maximum absolute atomic E-state index is 12.7. The van der Waals surface area contributed by atoms with Gasteiger partial charge in [-0.2, -0.15) is 0 Å². The molecule has 1 aliphatic heterocycles. The molecule has 0 fully saturated rings. The maximum atomic E-state index is 12.7.